The summed E-state index contributed by atoms with van der Waals surface area (Å²) in [4.78, 5) is 41.2. The number of Topliss-reactive ketones (excluding diaryl/α,β-unsaturated/α-hetero) is 2. The molecule has 230 valence electrons. The highest BCUT2D eigenvalue weighted by atomic mass is 16.6. The smallest absolute Gasteiger partial charge is 0.330 e. The number of carboxylic acid groups (broad SMARTS) is 1. The van der Waals surface area contributed by atoms with Gasteiger partial charge >= 0.3 is 5.97 Å². The lowest BCUT2D eigenvalue weighted by molar-refractivity contribution is -0.224. The van der Waals surface area contributed by atoms with Gasteiger partial charge in [0.2, 0.25) is 0 Å². The number of allylic oxidation sites excluding steroid dienone is 2. The van der Waals surface area contributed by atoms with E-state index in [1.165, 1.54) is 20.1 Å². The van der Waals surface area contributed by atoms with Gasteiger partial charge in [-0.2, -0.15) is 0 Å². The van der Waals surface area contributed by atoms with Crippen LogP contribution in [0.25, 0.3) is 6.08 Å². The summed E-state index contributed by atoms with van der Waals surface area (Å²) in [6.07, 6.45) is 6.97. The zero-order valence-corrected chi connectivity index (χ0v) is 26.0. The number of aromatic hydroxyl groups is 1. The number of hydrogen-bond acceptors (Lipinski definition) is 8. The van der Waals surface area contributed by atoms with Gasteiger partial charge in [0.25, 0.3) is 0 Å². The summed E-state index contributed by atoms with van der Waals surface area (Å²) >= 11 is 0. The van der Waals surface area contributed by atoms with E-state index in [4.69, 9.17) is 18.9 Å². The molecule has 1 aromatic carbocycles. The van der Waals surface area contributed by atoms with Crippen LogP contribution in [0.2, 0.25) is 0 Å². The number of carbonyl (C=O) groups is 3. The molecule has 3 heterocycles. The molecule has 1 aromatic rings. The number of ether oxygens (including phenoxy) is 4. The highest BCUT2D eigenvalue weighted by Crippen LogP contribution is 2.70. The quantitative estimate of drug-likeness (QED) is 0.338. The third kappa shape index (κ3) is 3.80. The topological polar surface area (TPSA) is 129 Å². The van der Waals surface area contributed by atoms with Crippen molar-refractivity contribution >= 4 is 23.6 Å². The summed E-state index contributed by atoms with van der Waals surface area (Å²) in [5, 5.41) is 21.3. The van der Waals surface area contributed by atoms with E-state index in [1.54, 1.807) is 6.08 Å². The minimum absolute atomic E-state index is 0.0474. The first-order valence-corrected chi connectivity index (χ1v) is 14.9. The molecule has 3 saturated carbocycles. The second kappa shape index (κ2) is 9.29. The summed E-state index contributed by atoms with van der Waals surface area (Å²) in [6, 6.07) is 0. The number of carboxylic acids is 1. The number of carbonyl (C=O) groups excluding carboxylic acids is 2. The lowest BCUT2D eigenvalue weighted by atomic mass is 9.45. The standard InChI is InChI=1S/C34H40O9/c1-16(2)9-10-19-26-18(12-13-31(4,5)41-26)24(35)22-25(36)23-28(40-8)20-15-21-32(6,7)43-33(29(20)37,14-11-17(3)30(38)39)34(21,23)42-27(19)22/h9,11-13,20-21,23,28,35H,10,14-15H2,1-8H3,(H,38,39)/b17-11-/t20-,21?,23+,28+,33-,34-/m0/s1. The minimum atomic E-state index is -1.65. The van der Waals surface area contributed by atoms with Gasteiger partial charge in [0.05, 0.1) is 23.2 Å². The van der Waals surface area contributed by atoms with Gasteiger partial charge in [0, 0.05) is 36.5 Å². The van der Waals surface area contributed by atoms with Crippen LogP contribution in [0.4, 0.5) is 0 Å². The van der Waals surface area contributed by atoms with E-state index < -0.39 is 52.2 Å². The Labute approximate surface area is 251 Å². The molecule has 0 radical (unpaired) electrons. The predicted molar refractivity (Wildman–Crippen MR) is 157 cm³/mol. The van der Waals surface area contributed by atoms with E-state index in [-0.39, 0.29) is 40.6 Å². The third-order valence-electron chi connectivity index (χ3n) is 10.2. The van der Waals surface area contributed by atoms with Crippen LogP contribution in [0.5, 0.6) is 17.2 Å². The number of fused-ring (bicyclic) bond motifs is 2. The molecule has 0 amide bonds. The fourth-order valence-corrected chi connectivity index (χ4v) is 8.31. The molecule has 1 unspecified atom stereocenters. The number of methoxy groups -OCH3 is 1. The van der Waals surface area contributed by atoms with Gasteiger partial charge in [0.15, 0.2) is 22.8 Å². The maximum Gasteiger partial charge on any atom is 0.330 e. The Morgan fingerprint density at radius 1 is 1.09 bits per heavy atom. The van der Waals surface area contributed by atoms with Gasteiger partial charge in [-0.15, -0.1) is 0 Å². The first kappa shape index (κ1) is 29.6. The van der Waals surface area contributed by atoms with E-state index in [1.807, 2.05) is 53.7 Å². The molecule has 6 aliphatic rings. The van der Waals surface area contributed by atoms with Gasteiger partial charge in [0.1, 0.15) is 28.4 Å². The highest BCUT2D eigenvalue weighted by Gasteiger charge is 2.85. The lowest BCUT2D eigenvalue weighted by Crippen LogP contribution is -2.80. The number of benzene rings is 1. The molecule has 9 nitrogen and oxygen atoms in total. The number of phenolic OH excluding ortho intramolecular Hbond substituents is 1. The Morgan fingerprint density at radius 3 is 2.42 bits per heavy atom. The van der Waals surface area contributed by atoms with Gasteiger partial charge in [-0.25, -0.2) is 4.79 Å². The van der Waals surface area contributed by atoms with Crippen LogP contribution in [0.1, 0.15) is 82.8 Å². The Morgan fingerprint density at radius 2 is 1.79 bits per heavy atom. The molecule has 43 heavy (non-hydrogen) atoms. The fraction of sp³-hybridized carbons (Fsp3) is 0.559. The molecule has 4 fully saturated rings. The molecular weight excluding hydrogens is 552 g/mol. The number of phenols is 1. The van der Waals surface area contributed by atoms with Gasteiger partial charge in [-0.3, -0.25) is 9.59 Å². The molecule has 4 bridgehead atoms. The van der Waals surface area contributed by atoms with Gasteiger partial charge in [-0.05, 0) is 73.5 Å². The Kier molecular flexibility index (Phi) is 6.40. The number of aliphatic carboxylic acids is 1. The summed E-state index contributed by atoms with van der Waals surface area (Å²) in [6.45, 7) is 13.0. The van der Waals surface area contributed by atoms with Crippen molar-refractivity contribution in [2.45, 2.75) is 96.2 Å². The van der Waals surface area contributed by atoms with Crippen molar-refractivity contribution in [3.05, 3.63) is 46.1 Å². The van der Waals surface area contributed by atoms with E-state index in [9.17, 15) is 24.6 Å². The van der Waals surface area contributed by atoms with Crippen LogP contribution in [0.3, 0.4) is 0 Å². The first-order chi connectivity index (χ1) is 20.0. The molecule has 2 N–H and O–H groups in total. The SMILES string of the molecule is CO[C@@H]1[C@@H]2CC3C(C)(C)O[C@@](C/C=C(/C)C(=O)O)(C2=O)[C@]32Oc3c(CC=C(C)C)c4c(c(O)c3C(=O)[C@H]12)C=CC(C)(C)O4. The van der Waals surface area contributed by atoms with Crippen LogP contribution in [0, 0.1) is 17.8 Å². The summed E-state index contributed by atoms with van der Waals surface area (Å²) in [7, 11) is 1.48. The Balaban J connectivity index is 1.68. The van der Waals surface area contributed by atoms with Crippen LogP contribution in [0.15, 0.2) is 29.4 Å². The Hall–Kier alpha value is -3.43. The molecule has 0 aromatic heterocycles. The predicted octanol–water partition coefficient (Wildman–Crippen LogP) is 5.22. The maximum absolute atomic E-state index is 14.9. The van der Waals surface area contributed by atoms with Crippen molar-refractivity contribution in [2.75, 3.05) is 7.11 Å². The van der Waals surface area contributed by atoms with E-state index >= 15 is 0 Å². The van der Waals surface area contributed by atoms with E-state index in [0.29, 0.717) is 29.7 Å². The average molecular weight is 593 g/mol. The van der Waals surface area contributed by atoms with Crippen molar-refractivity contribution in [3.63, 3.8) is 0 Å². The van der Waals surface area contributed by atoms with Crippen LogP contribution >= 0.6 is 0 Å². The van der Waals surface area contributed by atoms with Crippen LogP contribution in [-0.2, 0) is 25.5 Å². The monoisotopic (exact) mass is 592 g/mol. The molecule has 7 rings (SSSR count). The molecule has 3 aliphatic carbocycles. The fourth-order valence-electron chi connectivity index (χ4n) is 8.31. The lowest BCUT2D eigenvalue weighted by Gasteiger charge is -2.62. The summed E-state index contributed by atoms with van der Waals surface area (Å²) in [5.41, 5.74) is -2.57. The van der Waals surface area contributed by atoms with Crippen molar-refractivity contribution in [2.24, 2.45) is 17.8 Å². The van der Waals surface area contributed by atoms with E-state index in [2.05, 4.69) is 0 Å². The van der Waals surface area contributed by atoms with Crippen LogP contribution in [-0.4, -0.2) is 63.4 Å². The molecular formula is C34H40O9. The van der Waals surface area contributed by atoms with Crippen molar-refractivity contribution < 1.29 is 43.5 Å². The maximum atomic E-state index is 14.9. The number of hydrogen-bond donors (Lipinski definition) is 2. The molecule has 6 atom stereocenters. The number of ketones is 2. The van der Waals surface area contributed by atoms with Crippen molar-refractivity contribution in [1.29, 1.82) is 0 Å². The van der Waals surface area contributed by atoms with Crippen molar-refractivity contribution in [1.82, 2.24) is 0 Å². The third-order valence-corrected chi connectivity index (χ3v) is 10.2. The summed E-state index contributed by atoms with van der Waals surface area (Å²) in [5.74, 6) is -3.41. The minimum Gasteiger partial charge on any atom is -0.506 e. The normalized spacial score (nSPS) is 34.1. The van der Waals surface area contributed by atoms with Crippen LogP contribution < -0.4 is 9.47 Å². The second-order valence-electron chi connectivity index (χ2n) is 13.9. The average Bonchev–Trinajstić information content (AvgIpc) is 3.06. The van der Waals surface area contributed by atoms with Crippen molar-refractivity contribution in [3.8, 4) is 17.2 Å². The zero-order valence-electron chi connectivity index (χ0n) is 26.0. The largest absolute Gasteiger partial charge is 0.506 e. The highest BCUT2D eigenvalue weighted by molar-refractivity contribution is 6.10. The van der Waals surface area contributed by atoms with Gasteiger partial charge in [-0.1, -0.05) is 17.7 Å². The molecule has 1 saturated heterocycles. The van der Waals surface area contributed by atoms with Gasteiger partial charge < -0.3 is 29.2 Å². The zero-order chi connectivity index (χ0) is 31.4. The first-order valence-electron chi connectivity index (χ1n) is 14.9. The Bertz CT molecular complexity index is 1560. The molecule has 1 spiro atoms. The summed E-state index contributed by atoms with van der Waals surface area (Å²) < 4.78 is 26.2. The number of rotatable bonds is 6. The van der Waals surface area contributed by atoms with E-state index in [0.717, 1.165) is 5.57 Å². The second-order valence-corrected chi connectivity index (χ2v) is 13.9. The molecule has 3 aliphatic heterocycles. The molecule has 9 heteroatoms.